The van der Waals surface area contributed by atoms with Gasteiger partial charge < -0.3 is 20.1 Å². The molecule has 1 rings (SSSR count). The number of benzene rings is 1. The summed E-state index contributed by atoms with van der Waals surface area (Å²) in [5.41, 5.74) is -0.0246. The number of alkyl halides is 3. The van der Waals surface area contributed by atoms with Gasteiger partial charge in [-0.15, -0.1) is 0 Å². The Morgan fingerprint density at radius 1 is 1.36 bits per heavy atom. The van der Waals surface area contributed by atoms with Crippen LogP contribution in [0.3, 0.4) is 0 Å². The molecular weight excluding hydrogens is 348 g/mol. The summed E-state index contributed by atoms with van der Waals surface area (Å²) < 4.78 is 54.7. The third-order valence-electron chi connectivity index (χ3n) is 3.14. The predicted octanol–water partition coefficient (Wildman–Crippen LogP) is 3.34. The Bertz CT molecular complexity index is 622. The molecule has 10 heteroatoms. The number of nitrogens with zero attached hydrogens (tertiary/aromatic N) is 1. The van der Waals surface area contributed by atoms with Gasteiger partial charge in [-0.25, -0.2) is 9.18 Å². The first kappa shape index (κ1) is 20.5. The minimum absolute atomic E-state index is 0.0246. The van der Waals surface area contributed by atoms with E-state index in [1.807, 2.05) is 0 Å². The van der Waals surface area contributed by atoms with Crippen molar-refractivity contribution in [2.45, 2.75) is 19.5 Å². The number of carbonyl (C=O) groups excluding carboxylic acids is 1. The molecular formula is C15H18F4N2O4. The van der Waals surface area contributed by atoms with E-state index >= 15 is 0 Å². The molecule has 2 amide bonds. The van der Waals surface area contributed by atoms with Gasteiger partial charge in [-0.2, -0.15) is 13.2 Å². The minimum atomic E-state index is -4.43. The normalized spacial score (nSPS) is 12.4. The van der Waals surface area contributed by atoms with Crippen LogP contribution < -0.4 is 10.1 Å². The van der Waals surface area contributed by atoms with Crippen LogP contribution in [0.4, 0.5) is 28.0 Å². The largest absolute Gasteiger partial charge is 0.491 e. The van der Waals surface area contributed by atoms with Gasteiger partial charge in [-0.05, 0) is 12.1 Å². The van der Waals surface area contributed by atoms with Crippen LogP contribution in [0.1, 0.15) is 13.3 Å². The molecule has 1 unspecified atom stereocenters. The van der Waals surface area contributed by atoms with Crippen molar-refractivity contribution in [3.05, 3.63) is 24.0 Å². The number of amides is 2. The van der Waals surface area contributed by atoms with Gasteiger partial charge in [0.2, 0.25) is 0 Å². The third-order valence-corrected chi connectivity index (χ3v) is 3.14. The molecule has 0 aliphatic heterocycles. The number of rotatable bonds is 7. The SMILES string of the molecule is CC(CN(C)C(=O)Nc1ccc(F)cc1OCCC(F)(F)F)C(=O)O. The number of aliphatic carboxylic acids is 1. The average Bonchev–Trinajstić information content (AvgIpc) is 2.48. The Morgan fingerprint density at radius 3 is 2.56 bits per heavy atom. The van der Waals surface area contributed by atoms with E-state index in [2.05, 4.69) is 5.32 Å². The number of ether oxygens (including phenoxy) is 1. The molecule has 0 aliphatic rings. The highest BCUT2D eigenvalue weighted by Gasteiger charge is 2.27. The lowest BCUT2D eigenvalue weighted by molar-refractivity contribution is -0.141. The maximum Gasteiger partial charge on any atom is 0.392 e. The van der Waals surface area contributed by atoms with Gasteiger partial charge in [0.05, 0.1) is 24.6 Å². The van der Waals surface area contributed by atoms with Crippen molar-refractivity contribution < 1.29 is 37.0 Å². The molecule has 0 fully saturated rings. The molecule has 1 aromatic rings. The average molecular weight is 366 g/mol. The summed E-state index contributed by atoms with van der Waals surface area (Å²) in [6.45, 7) is 0.587. The smallest absolute Gasteiger partial charge is 0.392 e. The summed E-state index contributed by atoms with van der Waals surface area (Å²) in [5.74, 6) is -2.89. The molecule has 0 bridgehead atoms. The quantitative estimate of drug-likeness (QED) is 0.726. The van der Waals surface area contributed by atoms with Crippen LogP contribution in [0.2, 0.25) is 0 Å². The number of carbonyl (C=O) groups is 2. The lowest BCUT2D eigenvalue weighted by Gasteiger charge is -2.21. The van der Waals surface area contributed by atoms with Gasteiger partial charge in [-0.1, -0.05) is 6.92 Å². The number of anilines is 1. The van der Waals surface area contributed by atoms with E-state index in [0.717, 1.165) is 23.1 Å². The van der Waals surface area contributed by atoms with Crippen LogP contribution in [0, 0.1) is 11.7 Å². The summed E-state index contributed by atoms with van der Waals surface area (Å²) >= 11 is 0. The van der Waals surface area contributed by atoms with E-state index in [-0.39, 0.29) is 18.0 Å². The summed E-state index contributed by atoms with van der Waals surface area (Å²) in [7, 11) is 1.35. The fourth-order valence-electron chi connectivity index (χ4n) is 1.78. The molecule has 0 radical (unpaired) electrons. The van der Waals surface area contributed by atoms with Crippen LogP contribution in [0.15, 0.2) is 18.2 Å². The van der Waals surface area contributed by atoms with E-state index in [0.29, 0.717) is 0 Å². The first-order valence-corrected chi connectivity index (χ1v) is 7.23. The van der Waals surface area contributed by atoms with E-state index in [4.69, 9.17) is 9.84 Å². The van der Waals surface area contributed by atoms with Gasteiger partial charge in [-0.3, -0.25) is 4.79 Å². The standard InChI is InChI=1S/C15H18F4N2O4/c1-9(13(22)23)8-21(2)14(24)20-11-4-3-10(16)7-12(11)25-6-5-15(17,18)19/h3-4,7,9H,5-6,8H2,1-2H3,(H,20,24)(H,22,23). The molecule has 0 saturated heterocycles. The van der Waals surface area contributed by atoms with Crippen LogP contribution in [-0.4, -0.2) is 48.4 Å². The number of halogens is 4. The molecule has 25 heavy (non-hydrogen) atoms. The molecule has 2 N–H and O–H groups in total. The van der Waals surface area contributed by atoms with Crippen molar-refractivity contribution in [3.8, 4) is 5.75 Å². The van der Waals surface area contributed by atoms with E-state index in [1.54, 1.807) is 0 Å². The van der Waals surface area contributed by atoms with Gasteiger partial charge in [0, 0.05) is 19.7 Å². The molecule has 0 aromatic heterocycles. The van der Waals surface area contributed by atoms with Gasteiger partial charge in [0.15, 0.2) is 0 Å². The zero-order valence-corrected chi connectivity index (χ0v) is 13.6. The maximum atomic E-state index is 13.3. The highest BCUT2D eigenvalue weighted by Crippen LogP contribution is 2.27. The second-order valence-corrected chi connectivity index (χ2v) is 5.40. The van der Waals surface area contributed by atoms with Gasteiger partial charge in [0.1, 0.15) is 11.6 Å². The van der Waals surface area contributed by atoms with Gasteiger partial charge >= 0.3 is 18.2 Å². The van der Waals surface area contributed by atoms with E-state index in [9.17, 15) is 27.2 Å². The number of carboxylic acids is 1. The van der Waals surface area contributed by atoms with Crippen LogP contribution in [0.5, 0.6) is 5.75 Å². The van der Waals surface area contributed by atoms with Gasteiger partial charge in [0.25, 0.3) is 0 Å². The van der Waals surface area contributed by atoms with Crippen molar-refractivity contribution in [1.82, 2.24) is 4.90 Å². The Labute approximate surface area is 141 Å². The lowest BCUT2D eigenvalue weighted by Crippen LogP contribution is -2.36. The topological polar surface area (TPSA) is 78.9 Å². The number of carboxylic acid groups (broad SMARTS) is 1. The maximum absolute atomic E-state index is 13.3. The molecule has 6 nitrogen and oxygen atoms in total. The fraction of sp³-hybridized carbons (Fsp3) is 0.467. The van der Waals surface area contributed by atoms with Crippen molar-refractivity contribution in [3.63, 3.8) is 0 Å². The predicted molar refractivity (Wildman–Crippen MR) is 81.0 cm³/mol. The monoisotopic (exact) mass is 366 g/mol. The first-order valence-electron chi connectivity index (χ1n) is 7.23. The summed E-state index contributed by atoms with van der Waals surface area (Å²) in [6.07, 6.45) is -5.66. The van der Waals surface area contributed by atoms with Crippen LogP contribution in [0.25, 0.3) is 0 Å². The first-order chi connectivity index (χ1) is 11.5. The van der Waals surface area contributed by atoms with Crippen molar-refractivity contribution in [2.24, 2.45) is 5.92 Å². The van der Waals surface area contributed by atoms with E-state index < -0.39 is 42.9 Å². The molecule has 0 saturated carbocycles. The minimum Gasteiger partial charge on any atom is -0.491 e. The number of hydrogen-bond donors (Lipinski definition) is 2. The number of urea groups is 1. The molecule has 0 heterocycles. The second kappa shape index (κ2) is 8.54. The fourth-order valence-corrected chi connectivity index (χ4v) is 1.78. The summed E-state index contributed by atoms with van der Waals surface area (Å²) in [6, 6.07) is 2.29. The van der Waals surface area contributed by atoms with E-state index in [1.165, 1.54) is 14.0 Å². The number of hydrogen-bond acceptors (Lipinski definition) is 3. The highest BCUT2D eigenvalue weighted by atomic mass is 19.4. The molecule has 1 atom stereocenters. The zero-order valence-electron chi connectivity index (χ0n) is 13.6. The second-order valence-electron chi connectivity index (χ2n) is 5.40. The highest BCUT2D eigenvalue weighted by molar-refractivity contribution is 5.91. The summed E-state index contributed by atoms with van der Waals surface area (Å²) in [4.78, 5) is 23.9. The lowest BCUT2D eigenvalue weighted by atomic mass is 10.2. The zero-order chi connectivity index (χ0) is 19.2. The van der Waals surface area contributed by atoms with Crippen molar-refractivity contribution in [1.29, 1.82) is 0 Å². The molecule has 0 spiro atoms. The van der Waals surface area contributed by atoms with Crippen LogP contribution >= 0.6 is 0 Å². The Balaban J connectivity index is 2.76. The van der Waals surface area contributed by atoms with Crippen molar-refractivity contribution >= 4 is 17.7 Å². The third kappa shape index (κ3) is 7.27. The Hall–Kier alpha value is -2.52. The Morgan fingerprint density at radius 2 is 2.00 bits per heavy atom. The molecule has 1 aromatic carbocycles. The Kier molecular flexibility index (Phi) is 7.01. The molecule has 140 valence electrons. The van der Waals surface area contributed by atoms with Crippen LogP contribution in [-0.2, 0) is 4.79 Å². The van der Waals surface area contributed by atoms with Crippen molar-refractivity contribution in [2.75, 3.05) is 25.5 Å². The summed E-state index contributed by atoms with van der Waals surface area (Å²) in [5, 5.41) is 11.2. The molecule has 0 aliphatic carbocycles. The number of nitrogens with one attached hydrogen (secondary N) is 1.